The molecular weight excluding hydrogens is 250 g/mol. The summed E-state index contributed by atoms with van der Waals surface area (Å²) in [7, 11) is 0. The van der Waals surface area contributed by atoms with Crippen molar-refractivity contribution in [2.45, 2.75) is 29.9 Å². The lowest BCUT2D eigenvalue weighted by atomic mass is 10.3. The average Bonchev–Trinajstić information content (AvgIpc) is 3.10. The number of hydrogen-bond donors (Lipinski definition) is 2. The van der Waals surface area contributed by atoms with Gasteiger partial charge < -0.3 is 10.4 Å². The number of nitrogens with one attached hydrogen (secondary N) is 1. The summed E-state index contributed by atoms with van der Waals surface area (Å²) in [5, 5.41) is 11.5. The Bertz CT molecular complexity index is 454. The smallest absolute Gasteiger partial charge is 0.317 e. The molecule has 0 saturated heterocycles. The van der Waals surface area contributed by atoms with E-state index in [0.717, 1.165) is 23.4 Å². The number of carbonyl (C=O) groups excluding carboxylic acids is 1. The number of benzene rings is 1. The van der Waals surface area contributed by atoms with Gasteiger partial charge in [-0.2, -0.15) is 0 Å². The third-order valence-corrected chi connectivity index (χ3v) is 4.12. The Kier molecular flexibility index (Phi) is 3.91. The highest BCUT2D eigenvalue weighted by Crippen LogP contribution is 2.41. The first kappa shape index (κ1) is 13.0. The predicted molar refractivity (Wildman–Crippen MR) is 70.8 cm³/mol. The van der Waals surface area contributed by atoms with Crippen LogP contribution in [0.15, 0.2) is 29.2 Å². The van der Waals surface area contributed by atoms with Gasteiger partial charge in [0, 0.05) is 17.5 Å². The van der Waals surface area contributed by atoms with Crippen LogP contribution in [0.25, 0.3) is 0 Å². The van der Waals surface area contributed by atoms with Gasteiger partial charge >= 0.3 is 5.97 Å². The van der Waals surface area contributed by atoms with E-state index in [1.807, 2.05) is 12.1 Å². The number of hydrogen-bond acceptors (Lipinski definition) is 3. The van der Waals surface area contributed by atoms with Crippen LogP contribution in [-0.2, 0) is 9.59 Å². The van der Waals surface area contributed by atoms with Gasteiger partial charge in [-0.3, -0.25) is 9.59 Å². The van der Waals surface area contributed by atoms with Crippen LogP contribution in [0.5, 0.6) is 0 Å². The first-order valence-corrected chi connectivity index (χ1v) is 6.71. The summed E-state index contributed by atoms with van der Waals surface area (Å²) in [6.45, 7) is 1.45. The third-order valence-electron chi connectivity index (χ3n) is 2.73. The van der Waals surface area contributed by atoms with Gasteiger partial charge in [-0.25, -0.2) is 0 Å². The van der Waals surface area contributed by atoms with Gasteiger partial charge in [0.15, 0.2) is 0 Å². The molecule has 1 aliphatic carbocycles. The number of carboxylic acid groups (broad SMARTS) is 1. The van der Waals surface area contributed by atoms with Gasteiger partial charge in [-0.1, -0.05) is 0 Å². The second-order valence-corrected chi connectivity index (χ2v) is 5.63. The number of carboxylic acids is 1. The molecule has 1 fully saturated rings. The molecule has 1 amide bonds. The number of amides is 1. The van der Waals surface area contributed by atoms with E-state index in [9.17, 15) is 9.59 Å². The van der Waals surface area contributed by atoms with Crippen molar-refractivity contribution in [2.24, 2.45) is 5.92 Å². The molecule has 0 aliphatic heterocycles. The quantitative estimate of drug-likeness (QED) is 0.803. The van der Waals surface area contributed by atoms with Crippen LogP contribution >= 0.6 is 11.8 Å². The summed E-state index contributed by atoms with van der Waals surface area (Å²) in [6.07, 6.45) is 2.02. The van der Waals surface area contributed by atoms with E-state index in [0.29, 0.717) is 5.92 Å². The first-order valence-electron chi connectivity index (χ1n) is 5.83. The zero-order valence-electron chi connectivity index (χ0n) is 10.1. The molecule has 5 heteroatoms. The Morgan fingerprint density at radius 1 is 1.33 bits per heavy atom. The third kappa shape index (κ3) is 3.50. The molecule has 0 spiro atoms. The van der Waals surface area contributed by atoms with Crippen molar-refractivity contribution in [3.63, 3.8) is 0 Å². The molecule has 2 rings (SSSR count). The largest absolute Gasteiger partial charge is 0.480 e. The summed E-state index contributed by atoms with van der Waals surface area (Å²) in [4.78, 5) is 22.9. The molecule has 2 N–H and O–H groups in total. The van der Waals surface area contributed by atoms with Gasteiger partial charge in [0.25, 0.3) is 0 Å². The predicted octanol–water partition coefficient (Wildman–Crippen LogP) is 2.60. The SMILES string of the molecule is CC(=O)Nc1ccc(SC(C(=O)O)C2CC2)cc1. The van der Waals surface area contributed by atoms with Gasteiger partial charge in [0.05, 0.1) is 0 Å². The van der Waals surface area contributed by atoms with Crippen LogP contribution in [0.3, 0.4) is 0 Å². The normalized spacial score (nSPS) is 16.1. The van der Waals surface area contributed by atoms with E-state index in [4.69, 9.17) is 5.11 Å². The van der Waals surface area contributed by atoms with Gasteiger partial charge in [-0.05, 0) is 43.0 Å². The van der Waals surface area contributed by atoms with Gasteiger partial charge in [0.1, 0.15) is 5.25 Å². The van der Waals surface area contributed by atoms with Gasteiger partial charge in [-0.15, -0.1) is 11.8 Å². The molecule has 0 aromatic heterocycles. The minimum Gasteiger partial charge on any atom is -0.480 e. The molecule has 0 radical (unpaired) electrons. The van der Waals surface area contributed by atoms with Crippen molar-refractivity contribution in [1.82, 2.24) is 0 Å². The van der Waals surface area contributed by atoms with E-state index >= 15 is 0 Å². The molecule has 1 aromatic rings. The lowest BCUT2D eigenvalue weighted by Crippen LogP contribution is -2.18. The minimum absolute atomic E-state index is 0.114. The second kappa shape index (κ2) is 5.44. The summed E-state index contributed by atoms with van der Waals surface area (Å²) in [6, 6.07) is 7.26. The van der Waals surface area contributed by atoms with Crippen molar-refractivity contribution in [3.05, 3.63) is 24.3 Å². The van der Waals surface area contributed by atoms with E-state index in [2.05, 4.69) is 5.32 Å². The van der Waals surface area contributed by atoms with Crippen molar-refractivity contribution >= 4 is 29.3 Å². The molecule has 4 nitrogen and oxygen atoms in total. The molecule has 1 unspecified atom stereocenters. The maximum absolute atomic E-state index is 11.1. The Balaban J connectivity index is 2.00. The van der Waals surface area contributed by atoms with Crippen molar-refractivity contribution in [2.75, 3.05) is 5.32 Å². The Labute approximate surface area is 110 Å². The average molecular weight is 265 g/mol. The van der Waals surface area contributed by atoms with Crippen LogP contribution < -0.4 is 5.32 Å². The maximum Gasteiger partial charge on any atom is 0.317 e. The van der Waals surface area contributed by atoms with Crippen LogP contribution in [-0.4, -0.2) is 22.2 Å². The van der Waals surface area contributed by atoms with Crippen molar-refractivity contribution < 1.29 is 14.7 Å². The fourth-order valence-corrected chi connectivity index (χ4v) is 2.87. The summed E-state index contributed by atoms with van der Waals surface area (Å²) in [5.74, 6) is -0.548. The lowest BCUT2D eigenvalue weighted by molar-refractivity contribution is -0.136. The molecular formula is C13H15NO3S. The van der Waals surface area contributed by atoms with Crippen LogP contribution in [0.2, 0.25) is 0 Å². The number of aliphatic carboxylic acids is 1. The topological polar surface area (TPSA) is 66.4 Å². The lowest BCUT2D eigenvalue weighted by Gasteiger charge is -2.11. The Hall–Kier alpha value is -1.49. The number of carbonyl (C=O) groups is 2. The number of thioether (sulfide) groups is 1. The fraction of sp³-hybridized carbons (Fsp3) is 0.385. The molecule has 1 saturated carbocycles. The molecule has 18 heavy (non-hydrogen) atoms. The van der Waals surface area contributed by atoms with E-state index in [1.165, 1.54) is 18.7 Å². The van der Waals surface area contributed by atoms with E-state index in [-0.39, 0.29) is 11.2 Å². The Morgan fingerprint density at radius 2 is 1.94 bits per heavy atom. The Morgan fingerprint density at radius 3 is 2.39 bits per heavy atom. The second-order valence-electron chi connectivity index (χ2n) is 4.42. The van der Waals surface area contributed by atoms with Crippen molar-refractivity contribution in [1.29, 1.82) is 0 Å². The fourth-order valence-electron chi connectivity index (χ4n) is 1.71. The van der Waals surface area contributed by atoms with Crippen molar-refractivity contribution in [3.8, 4) is 0 Å². The molecule has 0 bridgehead atoms. The number of anilines is 1. The highest BCUT2D eigenvalue weighted by molar-refractivity contribution is 8.00. The molecule has 96 valence electrons. The number of rotatable bonds is 5. The molecule has 1 aliphatic rings. The minimum atomic E-state index is -0.742. The highest BCUT2D eigenvalue weighted by Gasteiger charge is 2.36. The standard InChI is InChI=1S/C13H15NO3S/c1-8(15)14-10-4-6-11(7-5-10)18-12(13(16)17)9-2-3-9/h4-7,9,12H,2-3H2,1H3,(H,14,15)(H,16,17). The van der Waals surface area contributed by atoms with Crippen LogP contribution in [0.1, 0.15) is 19.8 Å². The maximum atomic E-state index is 11.1. The summed E-state index contributed by atoms with van der Waals surface area (Å²) < 4.78 is 0. The van der Waals surface area contributed by atoms with E-state index in [1.54, 1.807) is 12.1 Å². The van der Waals surface area contributed by atoms with E-state index < -0.39 is 5.97 Å². The summed E-state index contributed by atoms with van der Waals surface area (Å²) in [5.41, 5.74) is 0.727. The monoisotopic (exact) mass is 265 g/mol. The molecule has 0 heterocycles. The molecule has 1 aromatic carbocycles. The van der Waals surface area contributed by atoms with Gasteiger partial charge in [0.2, 0.25) is 5.91 Å². The zero-order chi connectivity index (χ0) is 13.1. The first-order chi connectivity index (χ1) is 8.56. The van der Waals surface area contributed by atoms with Crippen LogP contribution in [0.4, 0.5) is 5.69 Å². The summed E-state index contributed by atoms with van der Waals surface area (Å²) >= 11 is 1.38. The molecule has 1 atom stereocenters. The highest BCUT2D eigenvalue weighted by atomic mass is 32.2. The zero-order valence-corrected chi connectivity index (χ0v) is 10.9. The van der Waals surface area contributed by atoms with Crippen LogP contribution in [0, 0.1) is 5.92 Å².